The van der Waals surface area contributed by atoms with E-state index in [9.17, 15) is 4.79 Å². The standard InChI is InChI=1S/C23H40N4O/c1-7-20(4)24-15-16-26-22(6)13-9-11-19(3)12-10-14-23(28)27-18-17-25-21(5)8-2/h7-8,19,24-26H,1-2,4-6,9-18H2,3H3,(H,27,28). The summed E-state index contributed by atoms with van der Waals surface area (Å²) >= 11 is 0. The van der Waals surface area contributed by atoms with Crippen molar-refractivity contribution in [1.82, 2.24) is 21.3 Å². The molecule has 158 valence electrons. The van der Waals surface area contributed by atoms with E-state index in [0.29, 0.717) is 25.4 Å². The first-order chi connectivity index (χ1) is 13.4. The second-order valence-electron chi connectivity index (χ2n) is 7.08. The molecular formula is C23H40N4O. The highest BCUT2D eigenvalue weighted by Crippen LogP contribution is 2.16. The van der Waals surface area contributed by atoms with Crippen molar-refractivity contribution in [2.45, 2.75) is 45.4 Å². The third-order valence-electron chi connectivity index (χ3n) is 4.42. The normalized spacial score (nSPS) is 11.0. The SMILES string of the molecule is C=CC(=C)NCCNC(=C)CCCC(C)CCCC(=O)NCCNC(=C)C=C. The van der Waals surface area contributed by atoms with Crippen molar-refractivity contribution in [3.05, 3.63) is 62.1 Å². The van der Waals surface area contributed by atoms with Crippen LogP contribution in [-0.2, 0) is 4.79 Å². The lowest BCUT2D eigenvalue weighted by Crippen LogP contribution is -2.31. The molecule has 0 radical (unpaired) electrons. The van der Waals surface area contributed by atoms with Crippen LogP contribution in [0.3, 0.4) is 0 Å². The topological polar surface area (TPSA) is 65.2 Å². The third-order valence-corrected chi connectivity index (χ3v) is 4.42. The van der Waals surface area contributed by atoms with E-state index in [2.05, 4.69) is 61.1 Å². The van der Waals surface area contributed by atoms with E-state index in [-0.39, 0.29) is 5.91 Å². The second-order valence-corrected chi connectivity index (χ2v) is 7.08. The van der Waals surface area contributed by atoms with Gasteiger partial charge in [-0.25, -0.2) is 0 Å². The molecule has 0 aromatic heterocycles. The maximum absolute atomic E-state index is 11.8. The van der Waals surface area contributed by atoms with Crippen LogP contribution < -0.4 is 21.3 Å². The molecule has 0 spiro atoms. The Morgan fingerprint density at radius 2 is 1.25 bits per heavy atom. The molecule has 4 N–H and O–H groups in total. The molecule has 0 bridgehead atoms. The van der Waals surface area contributed by atoms with Gasteiger partial charge in [-0.3, -0.25) is 4.79 Å². The van der Waals surface area contributed by atoms with Crippen molar-refractivity contribution < 1.29 is 4.79 Å². The minimum absolute atomic E-state index is 0.114. The summed E-state index contributed by atoms with van der Waals surface area (Å²) < 4.78 is 0. The highest BCUT2D eigenvalue weighted by molar-refractivity contribution is 5.75. The van der Waals surface area contributed by atoms with Gasteiger partial charge >= 0.3 is 0 Å². The molecule has 1 atom stereocenters. The van der Waals surface area contributed by atoms with Gasteiger partial charge in [0.15, 0.2) is 0 Å². The molecule has 0 aromatic rings. The van der Waals surface area contributed by atoms with Gasteiger partial charge in [0.2, 0.25) is 5.91 Å². The Balaban J connectivity index is 3.59. The molecule has 0 aromatic carbocycles. The maximum Gasteiger partial charge on any atom is 0.220 e. The molecule has 0 saturated carbocycles. The predicted molar refractivity (Wildman–Crippen MR) is 122 cm³/mol. The minimum atomic E-state index is 0.114. The molecule has 1 unspecified atom stereocenters. The van der Waals surface area contributed by atoms with Gasteiger partial charge in [0, 0.05) is 49.7 Å². The number of amides is 1. The molecular weight excluding hydrogens is 348 g/mol. The number of allylic oxidation sites excluding steroid dienone is 3. The van der Waals surface area contributed by atoms with Crippen LogP contribution in [0, 0.1) is 5.92 Å². The van der Waals surface area contributed by atoms with E-state index in [1.165, 1.54) is 0 Å². The van der Waals surface area contributed by atoms with Crippen LogP contribution in [0.2, 0.25) is 0 Å². The van der Waals surface area contributed by atoms with Gasteiger partial charge in [-0.15, -0.1) is 0 Å². The molecule has 5 nitrogen and oxygen atoms in total. The molecule has 0 saturated heterocycles. The molecule has 0 heterocycles. The van der Waals surface area contributed by atoms with Crippen molar-refractivity contribution >= 4 is 5.91 Å². The fourth-order valence-corrected chi connectivity index (χ4v) is 2.63. The highest BCUT2D eigenvalue weighted by Gasteiger charge is 2.06. The first-order valence-electron chi connectivity index (χ1n) is 10.2. The van der Waals surface area contributed by atoms with Crippen LogP contribution in [0.5, 0.6) is 0 Å². The number of nitrogens with one attached hydrogen (secondary N) is 4. The quantitative estimate of drug-likeness (QED) is 0.201. The minimum Gasteiger partial charge on any atom is -0.387 e. The van der Waals surface area contributed by atoms with Crippen LogP contribution in [0.4, 0.5) is 0 Å². The number of carbonyl (C=O) groups is 1. The van der Waals surface area contributed by atoms with Crippen LogP contribution >= 0.6 is 0 Å². The van der Waals surface area contributed by atoms with Crippen LogP contribution in [-0.4, -0.2) is 32.1 Å². The van der Waals surface area contributed by atoms with Gasteiger partial charge in [0.1, 0.15) is 0 Å². The summed E-state index contributed by atoms with van der Waals surface area (Å²) in [6.45, 7) is 24.1. The fourth-order valence-electron chi connectivity index (χ4n) is 2.63. The lowest BCUT2D eigenvalue weighted by molar-refractivity contribution is -0.121. The number of carbonyl (C=O) groups excluding carboxylic acids is 1. The average molecular weight is 389 g/mol. The Morgan fingerprint density at radius 3 is 1.79 bits per heavy atom. The maximum atomic E-state index is 11.8. The molecule has 0 fully saturated rings. The van der Waals surface area contributed by atoms with Gasteiger partial charge in [-0.05, 0) is 37.3 Å². The lowest BCUT2D eigenvalue weighted by Gasteiger charge is -2.14. The molecule has 28 heavy (non-hydrogen) atoms. The molecule has 5 heteroatoms. The van der Waals surface area contributed by atoms with Crippen molar-refractivity contribution in [2.24, 2.45) is 5.92 Å². The van der Waals surface area contributed by atoms with Crippen molar-refractivity contribution in [3.63, 3.8) is 0 Å². The summed E-state index contributed by atoms with van der Waals surface area (Å²) in [6.07, 6.45) is 9.21. The first kappa shape index (κ1) is 25.6. The monoisotopic (exact) mass is 388 g/mol. The van der Waals surface area contributed by atoms with Crippen molar-refractivity contribution in [2.75, 3.05) is 26.2 Å². The van der Waals surface area contributed by atoms with E-state index in [4.69, 9.17) is 0 Å². The lowest BCUT2D eigenvalue weighted by atomic mass is 9.97. The number of rotatable bonds is 19. The number of hydrogen-bond donors (Lipinski definition) is 4. The summed E-state index contributed by atoms with van der Waals surface area (Å²) in [4.78, 5) is 11.8. The Morgan fingerprint density at radius 1 is 0.786 bits per heavy atom. The Bertz CT molecular complexity index is 479. The van der Waals surface area contributed by atoms with Gasteiger partial charge in [-0.1, -0.05) is 52.7 Å². The zero-order valence-electron chi connectivity index (χ0n) is 17.7. The van der Waals surface area contributed by atoms with Crippen LogP contribution in [0.15, 0.2) is 62.1 Å². The molecule has 0 aliphatic heterocycles. The van der Waals surface area contributed by atoms with Crippen LogP contribution in [0.1, 0.15) is 45.4 Å². The number of hydrogen-bond acceptors (Lipinski definition) is 4. The Kier molecular flexibility index (Phi) is 15.3. The second kappa shape index (κ2) is 16.7. The first-order valence-corrected chi connectivity index (χ1v) is 10.2. The zero-order valence-corrected chi connectivity index (χ0v) is 17.7. The van der Waals surface area contributed by atoms with Crippen molar-refractivity contribution in [1.29, 1.82) is 0 Å². The van der Waals surface area contributed by atoms with Gasteiger partial charge in [0.05, 0.1) is 0 Å². The fraction of sp³-hybridized carbons (Fsp3) is 0.522. The van der Waals surface area contributed by atoms with E-state index < -0.39 is 0 Å². The smallest absolute Gasteiger partial charge is 0.220 e. The zero-order chi connectivity index (χ0) is 21.2. The summed E-state index contributed by atoms with van der Waals surface area (Å²) in [7, 11) is 0. The van der Waals surface area contributed by atoms with E-state index in [0.717, 1.165) is 62.3 Å². The summed E-state index contributed by atoms with van der Waals surface area (Å²) in [6, 6.07) is 0. The summed E-state index contributed by atoms with van der Waals surface area (Å²) in [5.41, 5.74) is 2.69. The third kappa shape index (κ3) is 15.8. The Hall–Kier alpha value is -2.43. The predicted octanol–water partition coefficient (Wildman–Crippen LogP) is 3.76. The van der Waals surface area contributed by atoms with E-state index >= 15 is 0 Å². The largest absolute Gasteiger partial charge is 0.387 e. The van der Waals surface area contributed by atoms with Gasteiger partial charge < -0.3 is 21.3 Å². The highest BCUT2D eigenvalue weighted by atomic mass is 16.1. The molecule has 0 aliphatic rings. The van der Waals surface area contributed by atoms with Gasteiger partial charge in [0.25, 0.3) is 0 Å². The van der Waals surface area contributed by atoms with E-state index in [1.54, 1.807) is 12.2 Å². The Labute approximate surface area is 172 Å². The van der Waals surface area contributed by atoms with Gasteiger partial charge in [-0.2, -0.15) is 0 Å². The molecule has 1 amide bonds. The average Bonchev–Trinajstić information content (AvgIpc) is 2.68. The molecule has 0 rings (SSSR count). The van der Waals surface area contributed by atoms with E-state index in [1.807, 2.05) is 0 Å². The van der Waals surface area contributed by atoms with Crippen molar-refractivity contribution in [3.8, 4) is 0 Å². The summed E-state index contributed by atoms with van der Waals surface area (Å²) in [5, 5.41) is 12.5. The summed E-state index contributed by atoms with van der Waals surface area (Å²) in [5.74, 6) is 0.735. The van der Waals surface area contributed by atoms with Crippen LogP contribution in [0.25, 0.3) is 0 Å². The molecule has 0 aliphatic carbocycles.